The lowest BCUT2D eigenvalue weighted by Crippen LogP contribution is -2.01. The zero-order valence-corrected chi connectivity index (χ0v) is 11.5. The number of aryl methyl sites for hydroxylation is 2. The van der Waals surface area contributed by atoms with E-state index in [0.29, 0.717) is 11.5 Å². The van der Waals surface area contributed by atoms with E-state index in [9.17, 15) is 4.21 Å². The summed E-state index contributed by atoms with van der Waals surface area (Å²) in [6, 6.07) is 12.0. The monoisotopic (exact) mass is 259 g/mol. The number of rotatable bonds is 4. The molecule has 18 heavy (non-hydrogen) atoms. The molecular formula is C15H17NOS. The van der Waals surface area contributed by atoms with Crippen LogP contribution in [0.25, 0.3) is 0 Å². The van der Waals surface area contributed by atoms with Crippen molar-refractivity contribution in [3.8, 4) is 0 Å². The predicted octanol–water partition coefficient (Wildman–Crippen LogP) is 3.15. The second-order valence-electron chi connectivity index (χ2n) is 4.55. The van der Waals surface area contributed by atoms with Crippen molar-refractivity contribution < 1.29 is 4.21 Å². The Morgan fingerprint density at radius 2 is 1.78 bits per heavy atom. The summed E-state index contributed by atoms with van der Waals surface area (Å²) >= 11 is 0. The van der Waals surface area contributed by atoms with Gasteiger partial charge in [0, 0.05) is 22.7 Å². The van der Waals surface area contributed by atoms with Gasteiger partial charge in [-0.05, 0) is 31.5 Å². The van der Waals surface area contributed by atoms with Gasteiger partial charge in [-0.3, -0.25) is 9.19 Å². The van der Waals surface area contributed by atoms with Gasteiger partial charge in [0.15, 0.2) is 0 Å². The SMILES string of the molecule is Cc1cc(C)cc(CS(=O)Cc2ccccn2)c1. The van der Waals surface area contributed by atoms with Gasteiger partial charge in [-0.25, -0.2) is 0 Å². The molecule has 0 saturated heterocycles. The van der Waals surface area contributed by atoms with Gasteiger partial charge in [-0.2, -0.15) is 0 Å². The van der Waals surface area contributed by atoms with Gasteiger partial charge in [0.05, 0.1) is 11.4 Å². The summed E-state index contributed by atoms with van der Waals surface area (Å²) in [6.45, 7) is 4.14. The van der Waals surface area contributed by atoms with Gasteiger partial charge < -0.3 is 0 Å². The molecule has 94 valence electrons. The van der Waals surface area contributed by atoms with E-state index in [4.69, 9.17) is 0 Å². The van der Waals surface area contributed by atoms with Crippen molar-refractivity contribution in [2.45, 2.75) is 25.4 Å². The molecule has 0 amide bonds. The summed E-state index contributed by atoms with van der Waals surface area (Å²) in [4.78, 5) is 4.20. The molecule has 1 heterocycles. The Bertz CT molecular complexity index is 531. The fourth-order valence-electron chi connectivity index (χ4n) is 2.04. The van der Waals surface area contributed by atoms with Crippen molar-refractivity contribution in [3.63, 3.8) is 0 Å². The van der Waals surface area contributed by atoms with E-state index in [1.165, 1.54) is 11.1 Å². The molecule has 1 aromatic carbocycles. The first-order valence-corrected chi connectivity index (χ1v) is 7.44. The predicted molar refractivity (Wildman–Crippen MR) is 75.7 cm³/mol. The van der Waals surface area contributed by atoms with Crippen molar-refractivity contribution >= 4 is 10.8 Å². The van der Waals surface area contributed by atoms with Crippen molar-refractivity contribution in [3.05, 3.63) is 65.0 Å². The van der Waals surface area contributed by atoms with Crippen LogP contribution >= 0.6 is 0 Å². The van der Waals surface area contributed by atoms with Crippen LogP contribution in [0.5, 0.6) is 0 Å². The topological polar surface area (TPSA) is 30.0 Å². The minimum Gasteiger partial charge on any atom is -0.260 e. The highest BCUT2D eigenvalue weighted by molar-refractivity contribution is 7.83. The molecule has 0 aliphatic rings. The summed E-state index contributed by atoms with van der Waals surface area (Å²) in [6.07, 6.45) is 1.74. The summed E-state index contributed by atoms with van der Waals surface area (Å²) in [7, 11) is -0.901. The van der Waals surface area contributed by atoms with Crippen LogP contribution in [0.1, 0.15) is 22.4 Å². The first-order chi connectivity index (χ1) is 8.63. The van der Waals surface area contributed by atoms with Gasteiger partial charge in [0.25, 0.3) is 0 Å². The third-order valence-corrected chi connectivity index (χ3v) is 3.92. The number of pyridine rings is 1. The fourth-order valence-corrected chi connectivity index (χ4v) is 3.18. The van der Waals surface area contributed by atoms with E-state index in [0.717, 1.165) is 11.3 Å². The number of hydrogen-bond donors (Lipinski definition) is 0. The number of benzene rings is 1. The van der Waals surface area contributed by atoms with Gasteiger partial charge in [-0.15, -0.1) is 0 Å². The van der Waals surface area contributed by atoms with Crippen LogP contribution in [0.4, 0.5) is 0 Å². The smallest absolute Gasteiger partial charge is 0.0662 e. The quantitative estimate of drug-likeness (QED) is 0.844. The summed E-state index contributed by atoms with van der Waals surface area (Å²) in [5, 5.41) is 0. The Hall–Kier alpha value is -1.48. The first kappa shape index (κ1) is 13.0. The lowest BCUT2D eigenvalue weighted by atomic mass is 10.1. The lowest BCUT2D eigenvalue weighted by molar-refractivity contribution is 0.681. The molecule has 2 rings (SSSR count). The molecular weight excluding hydrogens is 242 g/mol. The van der Waals surface area contributed by atoms with Crippen molar-refractivity contribution in [2.75, 3.05) is 0 Å². The Kier molecular flexibility index (Phi) is 4.26. The maximum absolute atomic E-state index is 12.1. The summed E-state index contributed by atoms with van der Waals surface area (Å²) in [5.41, 5.74) is 4.47. The van der Waals surface area contributed by atoms with E-state index in [-0.39, 0.29) is 0 Å². The van der Waals surface area contributed by atoms with Gasteiger partial charge in [-0.1, -0.05) is 35.4 Å². The van der Waals surface area contributed by atoms with E-state index in [2.05, 4.69) is 37.0 Å². The second kappa shape index (κ2) is 5.91. The maximum atomic E-state index is 12.1. The molecule has 2 nitrogen and oxygen atoms in total. The Balaban J connectivity index is 2.03. The molecule has 0 radical (unpaired) electrons. The highest BCUT2D eigenvalue weighted by atomic mass is 32.2. The number of hydrogen-bond acceptors (Lipinski definition) is 2. The zero-order chi connectivity index (χ0) is 13.0. The molecule has 0 spiro atoms. The Morgan fingerprint density at radius 1 is 1.06 bits per heavy atom. The van der Waals surface area contributed by atoms with Crippen molar-refractivity contribution in [1.82, 2.24) is 4.98 Å². The normalized spacial score (nSPS) is 12.3. The molecule has 2 aromatic rings. The van der Waals surface area contributed by atoms with Crippen molar-refractivity contribution in [1.29, 1.82) is 0 Å². The van der Waals surface area contributed by atoms with Crippen LogP contribution in [0.2, 0.25) is 0 Å². The number of nitrogens with zero attached hydrogens (tertiary/aromatic N) is 1. The lowest BCUT2D eigenvalue weighted by Gasteiger charge is -2.05. The molecule has 0 fully saturated rings. The zero-order valence-electron chi connectivity index (χ0n) is 10.7. The molecule has 0 bridgehead atoms. The van der Waals surface area contributed by atoms with Crippen molar-refractivity contribution in [2.24, 2.45) is 0 Å². The van der Waals surface area contributed by atoms with E-state index < -0.39 is 10.8 Å². The minimum atomic E-state index is -0.901. The van der Waals surface area contributed by atoms with Gasteiger partial charge in [0.2, 0.25) is 0 Å². The molecule has 1 unspecified atom stereocenters. The van der Waals surface area contributed by atoms with Crippen LogP contribution in [-0.4, -0.2) is 9.19 Å². The molecule has 1 aromatic heterocycles. The molecule has 1 atom stereocenters. The van der Waals surface area contributed by atoms with Crippen LogP contribution < -0.4 is 0 Å². The Morgan fingerprint density at radius 3 is 2.39 bits per heavy atom. The molecule has 0 aliphatic carbocycles. The third kappa shape index (κ3) is 3.77. The highest BCUT2D eigenvalue weighted by Gasteiger charge is 2.05. The van der Waals surface area contributed by atoms with Gasteiger partial charge >= 0.3 is 0 Å². The van der Waals surface area contributed by atoms with Gasteiger partial charge in [0.1, 0.15) is 0 Å². The molecule has 3 heteroatoms. The van der Waals surface area contributed by atoms with Crippen LogP contribution in [-0.2, 0) is 22.3 Å². The van der Waals surface area contributed by atoms with E-state index in [1.54, 1.807) is 6.20 Å². The van der Waals surface area contributed by atoms with Crippen LogP contribution in [0.3, 0.4) is 0 Å². The average Bonchev–Trinajstić information content (AvgIpc) is 2.28. The molecule has 0 saturated carbocycles. The average molecular weight is 259 g/mol. The first-order valence-electron chi connectivity index (χ1n) is 5.95. The van der Waals surface area contributed by atoms with E-state index >= 15 is 0 Å². The fraction of sp³-hybridized carbons (Fsp3) is 0.267. The van der Waals surface area contributed by atoms with E-state index in [1.807, 2.05) is 18.2 Å². The third-order valence-electron chi connectivity index (χ3n) is 2.64. The largest absolute Gasteiger partial charge is 0.260 e. The molecule has 0 N–H and O–H groups in total. The Labute approximate surface area is 111 Å². The summed E-state index contributed by atoms with van der Waals surface area (Å²) < 4.78 is 12.1. The molecule has 0 aliphatic heterocycles. The standard InChI is InChI=1S/C15H17NOS/c1-12-7-13(2)9-14(8-12)10-18(17)11-15-5-3-4-6-16-15/h3-9H,10-11H2,1-2H3. The second-order valence-corrected chi connectivity index (χ2v) is 6.00. The van der Waals surface area contributed by atoms with Crippen LogP contribution in [0, 0.1) is 13.8 Å². The maximum Gasteiger partial charge on any atom is 0.0662 e. The minimum absolute atomic E-state index is 0.522. The van der Waals surface area contributed by atoms with Crippen LogP contribution in [0.15, 0.2) is 42.6 Å². The highest BCUT2D eigenvalue weighted by Crippen LogP contribution is 2.12. The number of aromatic nitrogens is 1. The summed E-state index contributed by atoms with van der Waals surface area (Å²) in [5.74, 6) is 1.12.